The van der Waals surface area contributed by atoms with E-state index in [-0.39, 0.29) is 0 Å². The Balaban J connectivity index is 1.82. The highest BCUT2D eigenvalue weighted by molar-refractivity contribution is 4.81. The Morgan fingerprint density at radius 1 is 0.643 bits per heavy atom. The zero-order valence-corrected chi connectivity index (χ0v) is 9.38. The quantitative estimate of drug-likeness (QED) is 0.520. The summed E-state index contributed by atoms with van der Waals surface area (Å²) in [6.45, 7) is 4.59. The Kier molecular flexibility index (Phi) is 2.31. The van der Waals surface area contributed by atoms with Gasteiger partial charge in [0, 0.05) is 18.8 Å². The van der Waals surface area contributed by atoms with Gasteiger partial charge in [0.05, 0.1) is 25.7 Å². The highest BCUT2D eigenvalue weighted by Crippen LogP contribution is 2.42. The Morgan fingerprint density at radius 2 is 1.29 bits per heavy atom. The fourth-order valence-corrected chi connectivity index (χ4v) is 4.60. The van der Waals surface area contributed by atoms with Crippen molar-refractivity contribution in [2.24, 2.45) is 5.92 Å². The van der Waals surface area contributed by atoms with E-state index in [0.29, 0.717) is 0 Å². The lowest BCUT2D eigenvalue weighted by Gasteiger charge is -2.50. The van der Waals surface area contributed by atoms with E-state index in [0.717, 1.165) is 12.0 Å². The van der Waals surface area contributed by atoms with E-state index in [1.165, 1.54) is 51.7 Å². The molecule has 1 nitrogen and oxygen atoms in total. The van der Waals surface area contributed by atoms with Gasteiger partial charge in [0.2, 0.25) is 0 Å². The third-order valence-corrected chi connectivity index (χ3v) is 5.21. The summed E-state index contributed by atoms with van der Waals surface area (Å²) in [4.78, 5) is 0. The zero-order valence-electron chi connectivity index (χ0n) is 9.38. The van der Waals surface area contributed by atoms with Crippen LogP contribution in [0.1, 0.15) is 51.4 Å². The summed E-state index contributed by atoms with van der Waals surface area (Å²) in [7, 11) is 0. The van der Waals surface area contributed by atoms with Gasteiger partial charge >= 0.3 is 0 Å². The molecule has 2 atom stereocenters. The first-order valence-corrected chi connectivity index (χ1v) is 6.76. The molecule has 1 saturated carbocycles. The number of fused-ring (bicyclic) bond motifs is 2. The number of quaternary nitrogens is 1. The van der Waals surface area contributed by atoms with E-state index in [1.807, 2.05) is 0 Å². The van der Waals surface area contributed by atoms with Gasteiger partial charge in [0.1, 0.15) is 0 Å². The highest BCUT2D eigenvalue weighted by atomic mass is 15.4. The lowest BCUT2D eigenvalue weighted by Crippen LogP contribution is -2.60. The predicted molar refractivity (Wildman–Crippen MR) is 59.1 cm³/mol. The van der Waals surface area contributed by atoms with E-state index >= 15 is 0 Å². The number of hydrogen-bond donors (Lipinski definition) is 0. The molecule has 3 rings (SSSR count). The van der Waals surface area contributed by atoms with Crippen LogP contribution < -0.4 is 0 Å². The minimum atomic E-state index is 1.10. The van der Waals surface area contributed by atoms with Crippen LogP contribution in [-0.4, -0.2) is 30.2 Å². The fourth-order valence-electron chi connectivity index (χ4n) is 4.60. The van der Waals surface area contributed by atoms with E-state index in [4.69, 9.17) is 0 Å². The SMILES string of the molecule is C1CCC2C(C1)CCC[N+]21CCCC1. The standard InChI is InChI=1S/C13H24N/c1-2-8-13-12(6-1)7-5-11-14(13)9-3-4-10-14/h12-13H,1-11H2/q+1. The molecule has 14 heavy (non-hydrogen) atoms. The summed E-state index contributed by atoms with van der Waals surface area (Å²) in [5.41, 5.74) is 0. The van der Waals surface area contributed by atoms with Crippen molar-refractivity contribution in [3.8, 4) is 0 Å². The van der Waals surface area contributed by atoms with Crippen LogP contribution in [0.15, 0.2) is 0 Å². The first kappa shape index (κ1) is 9.21. The van der Waals surface area contributed by atoms with Gasteiger partial charge < -0.3 is 4.48 Å². The summed E-state index contributed by atoms with van der Waals surface area (Å²) in [5.74, 6) is 1.12. The lowest BCUT2D eigenvalue weighted by molar-refractivity contribution is -0.950. The first-order chi connectivity index (χ1) is 6.91. The molecule has 2 aliphatic heterocycles. The summed E-state index contributed by atoms with van der Waals surface area (Å²) in [6, 6.07) is 1.10. The molecule has 0 radical (unpaired) electrons. The van der Waals surface area contributed by atoms with Gasteiger partial charge in [-0.2, -0.15) is 0 Å². The molecule has 3 fully saturated rings. The molecule has 1 aliphatic carbocycles. The average Bonchev–Trinajstić information content (AvgIpc) is 2.68. The van der Waals surface area contributed by atoms with Crippen molar-refractivity contribution in [2.45, 2.75) is 57.4 Å². The van der Waals surface area contributed by atoms with Crippen molar-refractivity contribution in [3.63, 3.8) is 0 Å². The molecular weight excluding hydrogens is 170 g/mol. The molecule has 80 valence electrons. The van der Waals surface area contributed by atoms with Gasteiger partial charge in [0.15, 0.2) is 0 Å². The number of rotatable bonds is 0. The minimum Gasteiger partial charge on any atom is -0.321 e. The monoisotopic (exact) mass is 194 g/mol. The highest BCUT2D eigenvalue weighted by Gasteiger charge is 2.46. The second-order valence-corrected chi connectivity index (χ2v) is 5.85. The first-order valence-electron chi connectivity index (χ1n) is 6.76. The third kappa shape index (κ3) is 1.32. The zero-order chi connectivity index (χ0) is 9.43. The number of nitrogens with zero attached hydrogens (tertiary/aromatic N) is 1. The summed E-state index contributed by atoms with van der Waals surface area (Å²) >= 11 is 0. The van der Waals surface area contributed by atoms with Crippen LogP contribution in [-0.2, 0) is 0 Å². The molecule has 1 heteroatoms. The van der Waals surface area contributed by atoms with Gasteiger partial charge in [-0.1, -0.05) is 6.42 Å². The lowest BCUT2D eigenvalue weighted by atomic mass is 9.77. The molecule has 0 aromatic rings. The van der Waals surface area contributed by atoms with Crippen molar-refractivity contribution < 1.29 is 4.48 Å². The van der Waals surface area contributed by atoms with Gasteiger partial charge in [0.25, 0.3) is 0 Å². The molecule has 0 aromatic carbocycles. The predicted octanol–water partition coefficient (Wildman–Crippen LogP) is 2.95. The van der Waals surface area contributed by atoms with Gasteiger partial charge in [-0.25, -0.2) is 0 Å². The smallest absolute Gasteiger partial charge is 0.0918 e. The van der Waals surface area contributed by atoms with Gasteiger partial charge in [-0.15, -0.1) is 0 Å². The Labute approximate surface area is 88.1 Å². The van der Waals surface area contributed by atoms with E-state index in [9.17, 15) is 0 Å². The topological polar surface area (TPSA) is 0 Å². The van der Waals surface area contributed by atoms with Gasteiger partial charge in [-0.05, 0) is 32.1 Å². The van der Waals surface area contributed by atoms with E-state index < -0.39 is 0 Å². The molecule has 2 saturated heterocycles. The summed E-state index contributed by atoms with van der Waals surface area (Å²) in [5, 5.41) is 0. The summed E-state index contributed by atoms with van der Waals surface area (Å²) < 4.78 is 1.56. The van der Waals surface area contributed by atoms with E-state index in [1.54, 1.807) is 23.7 Å². The van der Waals surface area contributed by atoms with Gasteiger partial charge in [-0.3, -0.25) is 0 Å². The second kappa shape index (κ2) is 3.52. The van der Waals surface area contributed by atoms with Crippen LogP contribution in [0.2, 0.25) is 0 Å². The maximum atomic E-state index is 1.56. The Morgan fingerprint density at radius 3 is 2.14 bits per heavy atom. The Bertz CT molecular complexity index is 203. The largest absolute Gasteiger partial charge is 0.321 e. The van der Waals surface area contributed by atoms with Crippen LogP contribution in [0.25, 0.3) is 0 Å². The van der Waals surface area contributed by atoms with Crippen molar-refractivity contribution >= 4 is 0 Å². The second-order valence-electron chi connectivity index (χ2n) is 5.85. The van der Waals surface area contributed by atoms with Crippen molar-refractivity contribution in [3.05, 3.63) is 0 Å². The van der Waals surface area contributed by atoms with Crippen molar-refractivity contribution in [2.75, 3.05) is 19.6 Å². The molecule has 2 heterocycles. The van der Waals surface area contributed by atoms with Crippen LogP contribution in [0.3, 0.4) is 0 Å². The maximum absolute atomic E-state index is 1.56. The van der Waals surface area contributed by atoms with E-state index in [2.05, 4.69) is 0 Å². The average molecular weight is 194 g/mol. The fraction of sp³-hybridized carbons (Fsp3) is 1.00. The third-order valence-electron chi connectivity index (χ3n) is 5.21. The molecule has 1 spiro atoms. The minimum absolute atomic E-state index is 1.10. The van der Waals surface area contributed by atoms with Crippen LogP contribution in [0.4, 0.5) is 0 Å². The Hall–Kier alpha value is -0.0400. The molecule has 3 aliphatic rings. The molecule has 0 N–H and O–H groups in total. The van der Waals surface area contributed by atoms with Crippen LogP contribution in [0.5, 0.6) is 0 Å². The number of hydrogen-bond acceptors (Lipinski definition) is 0. The van der Waals surface area contributed by atoms with Crippen molar-refractivity contribution in [1.82, 2.24) is 0 Å². The number of piperidine rings is 1. The van der Waals surface area contributed by atoms with Crippen LogP contribution in [0, 0.1) is 5.92 Å². The summed E-state index contributed by atoms with van der Waals surface area (Å²) in [6.07, 6.45) is 12.3. The van der Waals surface area contributed by atoms with Crippen molar-refractivity contribution in [1.29, 1.82) is 0 Å². The normalized spacial score (nSPS) is 41.1. The molecule has 0 aromatic heterocycles. The molecule has 2 unspecified atom stereocenters. The molecule has 0 amide bonds. The molecular formula is C13H24N+. The van der Waals surface area contributed by atoms with Crippen LogP contribution >= 0.6 is 0 Å². The molecule has 0 bridgehead atoms. The maximum Gasteiger partial charge on any atom is 0.0918 e.